The van der Waals surface area contributed by atoms with Crippen molar-refractivity contribution in [2.45, 2.75) is 37.9 Å². The Hall–Kier alpha value is -1.62. The molecule has 0 bridgehead atoms. The number of hydrogen-bond donors (Lipinski definition) is 0. The fourth-order valence-electron chi connectivity index (χ4n) is 2.27. The summed E-state index contributed by atoms with van der Waals surface area (Å²) in [4.78, 5) is 10.5. The molecule has 0 amide bonds. The van der Waals surface area contributed by atoms with E-state index in [0.29, 0.717) is 11.9 Å². The molecule has 0 N–H and O–H groups in total. The molecule has 1 aromatic carbocycles. The molecule has 1 aliphatic rings. The standard InChI is InChI=1S/C13H17NO4/c1-17-10-6-8-11(9-7-10)18-13-5-3-2-4-12(13)14(15)16/h2-5,10-11H,6-9H2,1H3. The van der Waals surface area contributed by atoms with Crippen molar-refractivity contribution in [1.82, 2.24) is 0 Å². The molecule has 0 spiro atoms. The lowest BCUT2D eigenvalue weighted by molar-refractivity contribution is -0.386. The highest BCUT2D eigenvalue weighted by Crippen LogP contribution is 2.30. The summed E-state index contributed by atoms with van der Waals surface area (Å²) in [7, 11) is 1.72. The first-order chi connectivity index (χ1) is 8.70. The molecule has 0 aromatic heterocycles. The number of ether oxygens (including phenoxy) is 2. The monoisotopic (exact) mass is 251 g/mol. The van der Waals surface area contributed by atoms with Crippen LogP contribution in [-0.4, -0.2) is 24.2 Å². The fourth-order valence-corrected chi connectivity index (χ4v) is 2.27. The maximum absolute atomic E-state index is 10.9. The van der Waals surface area contributed by atoms with Gasteiger partial charge in [-0.15, -0.1) is 0 Å². The van der Waals surface area contributed by atoms with Gasteiger partial charge >= 0.3 is 5.69 Å². The molecule has 0 atom stereocenters. The van der Waals surface area contributed by atoms with Crippen LogP contribution in [-0.2, 0) is 4.74 Å². The van der Waals surface area contributed by atoms with E-state index < -0.39 is 4.92 Å². The van der Waals surface area contributed by atoms with E-state index in [0.717, 1.165) is 25.7 Å². The molecule has 1 aliphatic carbocycles. The minimum atomic E-state index is -0.407. The minimum absolute atomic E-state index is 0.0337. The number of hydrogen-bond acceptors (Lipinski definition) is 4. The second kappa shape index (κ2) is 5.82. The van der Waals surface area contributed by atoms with Gasteiger partial charge in [0, 0.05) is 13.2 Å². The van der Waals surface area contributed by atoms with Crippen LogP contribution in [0.15, 0.2) is 24.3 Å². The van der Waals surface area contributed by atoms with Crippen LogP contribution >= 0.6 is 0 Å². The van der Waals surface area contributed by atoms with E-state index in [9.17, 15) is 10.1 Å². The van der Waals surface area contributed by atoms with E-state index in [1.807, 2.05) is 0 Å². The third kappa shape index (κ3) is 2.98. The number of rotatable bonds is 4. The molecule has 0 heterocycles. The van der Waals surface area contributed by atoms with Gasteiger partial charge in [-0.3, -0.25) is 10.1 Å². The van der Waals surface area contributed by atoms with Crippen molar-refractivity contribution in [2.24, 2.45) is 0 Å². The Kier molecular flexibility index (Phi) is 4.15. The lowest BCUT2D eigenvalue weighted by Gasteiger charge is -2.27. The molecule has 18 heavy (non-hydrogen) atoms. The van der Waals surface area contributed by atoms with Gasteiger partial charge in [0.05, 0.1) is 17.1 Å². The van der Waals surface area contributed by atoms with Crippen molar-refractivity contribution in [3.05, 3.63) is 34.4 Å². The molecule has 2 rings (SSSR count). The Balaban J connectivity index is 2.00. The minimum Gasteiger partial charge on any atom is -0.484 e. The first-order valence-electron chi connectivity index (χ1n) is 6.13. The summed E-state index contributed by atoms with van der Waals surface area (Å²) in [6, 6.07) is 6.52. The van der Waals surface area contributed by atoms with Gasteiger partial charge in [0.15, 0.2) is 5.75 Å². The number of nitrogens with zero attached hydrogens (tertiary/aromatic N) is 1. The predicted octanol–water partition coefficient (Wildman–Crippen LogP) is 2.93. The van der Waals surface area contributed by atoms with Crippen LogP contribution in [0.3, 0.4) is 0 Å². The predicted molar refractivity (Wildman–Crippen MR) is 66.8 cm³/mol. The van der Waals surface area contributed by atoms with Crippen LogP contribution < -0.4 is 4.74 Å². The SMILES string of the molecule is COC1CCC(Oc2ccccc2[N+](=O)[O-])CC1. The van der Waals surface area contributed by atoms with Gasteiger partial charge in [-0.05, 0) is 31.7 Å². The van der Waals surface area contributed by atoms with Crippen molar-refractivity contribution < 1.29 is 14.4 Å². The van der Waals surface area contributed by atoms with Crippen LogP contribution in [0.5, 0.6) is 5.75 Å². The van der Waals surface area contributed by atoms with Gasteiger partial charge in [-0.2, -0.15) is 0 Å². The molecule has 98 valence electrons. The summed E-state index contributed by atoms with van der Waals surface area (Å²) < 4.78 is 11.0. The first kappa shape index (κ1) is 12.8. The Morgan fingerprint density at radius 2 is 1.78 bits per heavy atom. The van der Waals surface area contributed by atoms with Gasteiger partial charge < -0.3 is 9.47 Å². The average Bonchev–Trinajstić information content (AvgIpc) is 2.40. The Bertz CT molecular complexity index is 413. The lowest BCUT2D eigenvalue weighted by Crippen LogP contribution is -2.27. The zero-order chi connectivity index (χ0) is 13.0. The normalized spacial score (nSPS) is 23.6. The maximum atomic E-state index is 10.9. The van der Waals surface area contributed by atoms with Crippen molar-refractivity contribution in [2.75, 3.05) is 7.11 Å². The molecule has 0 aliphatic heterocycles. The van der Waals surface area contributed by atoms with Crippen molar-refractivity contribution in [3.63, 3.8) is 0 Å². The van der Waals surface area contributed by atoms with Crippen molar-refractivity contribution in [1.29, 1.82) is 0 Å². The number of para-hydroxylation sites is 2. The smallest absolute Gasteiger partial charge is 0.310 e. The summed E-state index contributed by atoms with van der Waals surface area (Å²) >= 11 is 0. The number of nitro groups is 1. The van der Waals surface area contributed by atoms with Crippen LogP contribution in [0, 0.1) is 10.1 Å². The summed E-state index contributed by atoms with van der Waals surface area (Å²) in [5.41, 5.74) is 0.0337. The van der Waals surface area contributed by atoms with Crippen molar-refractivity contribution in [3.8, 4) is 5.75 Å². The van der Waals surface area contributed by atoms with Gasteiger partial charge in [-0.1, -0.05) is 12.1 Å². The Morgan fingerprint density at radius 3 is 2.39 bits per heavy atom. The number of nitro benzene ring substituents is 1. The topological polar surface area (TPSA) is 61.6 Å². The van der Waals surface area contributed by atoms with Gasteiger partial charge in [0.1, 0.15) is 0 Å². The van der Waals surface area contributed by atoms with Crippen LogP contribution in [0.1, 0.15) is 25.7 Å². The third-order valence-electron chi connectivity index (χ3n) is 3.31. The third-order valence-corrected chi connectivity index (χ3v) is 3.31. The fraction of sp³-hybridized carbons (Fsp3) is 0.538. The second-order valence-corrected chi connectivity index (χ2v) is 4.48. The second-order valence-electron chi connectivity index (χ2n) is 4.48. The highest BCUT2D eigenvalue weighted by atomic mass is 16.6. The summed E-state index contributed by atoms with van der Waals surface area (Å²) in [5, 5.41) is 10.9. The maximum Gasteiger partial charge on any atom is 0.310 e. The zero-order valence-electron chi connectivity index (χ0n) is 10.4. The molecular weight excluding hydrogens is 234 g/mol. The molecule has 5 nitrogen and oxygen atoms in total. The molecule has 0 radical (unpaired) electrons. The first-order valence-corrected chi connectivity index (χ1v) is 6.13. The highest BCUT2D eigenvalue weighted by molar-refractivity contribution is 5.45. The Morgan fingerprint density at radius 1 is 1.17 bits per heavy atom. The molecular formula is C13H17NO4. The summed E-state index contributed by atoms with van der Waals surface area (Å²) in [6.45, 7) is 0. The van der Waals surface area contributed by atoms with Gasteiger partial charge in [0.2, 0.25) is 0 Å². The molecule has 0 saturated heterocycles. The largest absolute Gasteiger partial charge is 0.484 e. The zero-order valence-corrected chi connectivity index (χ0v) is 10.4. The van der Waals surface area contributed by atoms with E-state index in [-0.39, 0.29) is 11.8 Å². The highest BCUT2D eigenvalue weighted by Gasteiger charge is 2.24. The number of methoxy groups -OCH3 is 1. The Labute approximate surface area is 106 Å². The average molecular weight is 251 g/mol. The molecule has 1 aromatic rings. The van der Waals surface area contributed by atoms with E-state index >= 15 is 0 Å². The lowest BCUT2D eigenvalue weighted by atomic mass is 9.95. The molecule has 5 heteroatoms. The van der Waals surface area contributed by atoms with Crippen LogP contribution in [0.4, 0.5) is 5.69 Å². The quantitative estimate of drug-likeness (QED) is 0.609. The van der Waals surface area contributed by atoms with E-state index in [2.05, 4.69) is 0 Å². The molecule has 1 fully saturated rings. The van der Waals surface area contributed by atoms with Crippen molar-refractivity contribution >= 4 is 5.69 Å². The van der Waals surface area contributed by atoms with Crippen LogP contribution in [0.2, 0.25) is 0 Å². The summed E-state index contributed by atoms with van der Waals surface area (Å²) in [5.74, 6) is 0.364. The van der Waals surface area contributed by atoms with E-state index in [1.165, 1.54) is 6.07 Å². The van der Waals surface area contributed by atoms with Gasteiger partial charge in [0.25, 0.3) is 0 Å². The summed E-state index contributed by atoms with van der Waals surface area (Å²) in [6.07, 6.45) is 4.01. The van der Waals surface area contributed by atoms with Crippen LogP contribution in [0.25, 0.3) is 0 Å². The van der Waals surface area contributed by atoms with E-state index in [4.69, 9.17) is 9.47 Å². The molecule has 1 saturated carbocycles. The molecule has 0 unspecified atom stereocenters. The number of benzene rings is 1. The van der Waals surface area contributed by atoms with Gasteiger partial charge in [-0.25, -0.2) is 0 Å². The van der Waals surface area contributed by atoms with E-state index in [1.54, 1.807) is 25.3 Å².